The number of amides is 1. The Hall–Kier alpha value is -2.33. The van der Waals surface area contributed by atoms with Crippen molar-refractivity contribution in [3.05, 3.63) is 65.2 Å². The number of aryl methyl sites for hydroxylation is 1. The van der Waals surface area contributed by atoms with E-state index in [2.05, 4.69) is 11.4 Å². The number of rotatable bonds is 5. The molecule has 0 aliphatic heterocycles. The van der Waals surface area contributed by atoms with Gasteiger partial charge in [0.25, 0.3) is 0 Å². The molecule has 4 nitrogen and oxygen atoms in total. The van der Waals surface area contributed by atoms with E-state index in [1.165, 1.54) is 5.56 Å². The van der Waals surface area contributed by atoms with Crippen LogP contribution in [0.2, 0.25) is 0 Å². The van der Waals surface area contributed by atoms with Gasteiger partial charge >= 0.3 is 0 Å². The minimum absolute atomic E-state index is 0.115. The van der Waals surface area contributed by atoms with Crippen LogP contribution in [0.1, 0.15) is 29.5 Å². The number of carbonyl (C=O) groups is 1. The third kappa shape index (κ3) is 3.44. The number of hydrogen-bond acceptors (Lipinski definition) is 3. The Morgan fingerprint density at radius 3 is 2.79 bits per heavy atom. The third-order valence-electron chi connectivity index (χ3n) is 4.68. The van der Waals surface area contributed by atoms with Crippen molar-refractivity contribution in [3.63, 3.8) is 0 Å². The van der Waals surface area contributed by atoms with Gasteiger partial charge in [-0.3, -0.25) is 4.79 Å². The second-order valence-corrected chi connectivity index (χ2v) is 6.31. The lowest BCUT2D eigenvalue weighted by atomic mass is 9.79. The van der Waals surface area contributed by atoms with Gasteiger partial charge in [0.1, 0.15) is 11.4 Å². The average Bonchev–Trinajstić information content (AvgIpc) is 2.61. The zero-order valence-corrected chi connectivity index (χ0v) is 13.9. The Labute approximate surface area is 142 Å². The average molecular weight is 325 g/mol. The van der Waals surface area contributed by atoms with E-state index in [4.69, 9.17) is 4.74 Å². The fraction of sp³-hybridized carbons (Fsp3) is 0.350. The van der Waals surface area contributed by atoms with E-state index in [9.17, 15) is 9.90 Å². The number of hydrogen-bond donors (Lipinski definition) is 2. The minimum Gasteiger partial charge on any atom is -0.496 e. The van der Waals surface area contributed by atoms with Crippen LogP contribution in [0.15, 0.2) is 48.5 Å². The van der Waals surface area contributed by atoms with Gasteiger partial charge in [-0.2, -0.15) is 0 Å². The molecule has 24 heavy (non-hydrogen) atoms. The molecule has 0 fully saturated rings. The molecule has 0 heterocycles. The molecule has 0 bridgehead atoms. The highest BCUT2D eigenvalue weighted by Gasteiger charge is 2.34. The maximum absolute atomic E-state index is 12.3. The van der Waals surface area contributed by atoms with E-state index < -0.39 is 5.60 Å². The van der Waals surface area contributed by atoms with E-state index in [0.717, 1.165) is 24.0 Å². The van der Waals surface area contributed by atoms with Crippen LogP contribution >= 0.6 is 0 Å². The van der Waals surface area contributed by atoms with E-state index in [0.29, 0.717) is 12.2 Å². The normalized spacial score (nSPS) is 19.4. The Bertz CT molecular complexity index is 728. The Morgan fingerprint density at radius 2 is 1.96 bits per heavy atom. The molecule has 2 aromatic rings. The number of carbonyl (C=O) groups excluding carboxylic acids is 1. The molecule has 0 radical (unpaired) electrons. The molecular formula is C20H23NO3. The molecule has 0 unspecified atom stereocenters. The fourth-order valence-electron chi connectivity index (χ4n) is 3.41. The van der Waals surface area contributed by atoms with Crippen LogP contribution in [0.3, 0.4) is 0 Å². The van der Waals surface area contributed by atoms with Gasteiger partial charge in [-0.05, 0) is 36.5 Å². The first-order valence-electron chi connectivity index (χ1n) is 8.32. The fourth-order valence-corrected chi connectivity index (χ4v) is 3.41. The van der Waals surface area contributed by atoms with Gasteiger partial charge in [-0.1, -0.05) is 42.5 Å². The molecule has 2 aromatic carbocycles. The summed E-state index contributed by atoms with van der Waals surface area (Å²) >= 11 is 0. The number of fused-ring (bicyclic) bond motifs is 1. The molecule has 0 saturated heterocycles. The first kappa shape index (κ1) is 16.5. The van der Waals surface area contributed by atoms with Crippen molar-refractivity contribution < 1.29 is 14.6 Å². The Kier molecular flexibility index (Phi) is 4.86. The number of nitrogens with one attached hydrogen (secondary N) is 1. The summed E-state index contributed by atoms with van der Waals surface area (Å²) in [6.07, 6.45) is 2.81. The lowest BCUT2D eigenvalue weighted by Gasteiger charge is -2.34. The number of benzene rings is 2. The highest BCUT2D eigenvalue weighted by molar-refractivity contribution is 5.79. The molecular weight excluding hydrogens is 302 g/mol. The van der Waals surface area contributed by atoms with Crippen molar-refractivity contribution in [1.29, 1.82) is 0 Å². The maximum Gasteiger partial charge on any atom is 0.224 e. The summed E-state index contributed by atoms with van der Waals surface area (Å²) in [7, 11) is 1.60. The molecule has 0 aromatic heterocycles. The summed E-state index contributed by atoms with van der Waals surface area (Å²) in [4.78, 5) is 12.3. The minimum atomic E-state index is -0.981. The predicted molar refractivity (Wildman–Crippen MR) is 93.0 cm³/mol. The van der Waals surface area contributed by atoms with E-state index >= 15 is 0 Å². The van der Waals surface area contributed by atoms with Crippen LogP contribution in [0.4, 0.5) is 0 Å². The quantitative estimate of drug-likeness (QED) is 0.888. The van der Waals surface area contributed by atoms with Gasteiger partial charge in [0.05, 0.1) is 20.1 Å². The molecule has 0 saturated carbocycles. The summed E-state index contributed by atoms with van der Waals surface area (Å²) < 4.78 is 5.28. The molecule has 2 N–H and O–H groups in total. The maximum atomic E-state index is 12.3. The molecule has 1 atom stereocenters. The molecule has 126 valence electrons. The van der Waals surface area contributed by atoms with Gasteiger partial charge < -0.3 is 15.2 Å². The summed E-state index contributed by atoms with van der Waals surface area (Å²) in [6.45, 7) is 0.234. The third-order valence-corrected chi connectivity index (χ3v) is 4.68. The van der Waals surface area contributed by atoms with Crippen molar-refractivity contribution in [2.24, 2.45) is 0 Å². The van der Waals surface area contributed by atoms with Crippen molar-refractivity contribution in [2.45, 2.75) is 31.3 Å². The van der Waals surface area contributed by atoms with Crippen LogP contribution in [-0.2, 0) is 23.2 Å². The summed E-state index contributed by atoms with van der Waals surface area (Å²) in [5.74, 6) is 0.588. The zero-order valence-electron chi connectivity index (χ0n) is 13.9. The zero-order chi connectivity index (χ0) is 17.0. The number of aliphatic hydroxyl groups is 1. The van der Waals surface area contributed by atoms with Crippen LogP contribution in [0.5, 0.6) is 5.75 Å². The number of methoxy groups -OCH3 is 1. The first-order valence-corrected chi connectivity index (χ1v) is 8.32. The second kappa shape index (κ2) is 7.05. The van der Waals surface area contributed by atoms with Gasteiger partial charge in [-0.25, -0.2) is 0 Å². The van der Waals surface area contributed by atoms with E-state index in [1.54, 1.807) is 7.11 Å². The summed E-state index contributed by atoms with van der Waals surface area (Å²) in [6, 6.07) is 15.4. The SMILES string of the molecule is COc1ccccc1CC(=O)NC[C@]1(O)CCCc2ccccc21. The molecule has 0 spiro atoms. The monoisotopic (exact) mass is 325 g/mol. The number of para-hydroxylation sites is 1. The van der Waals surface area contributed by atoms with E-state index in [1.807, 2.05) is 42.5 Å². The van der Waals surface area contributed by atoms with Gasteiger partial charge in [0, 0.05) is 5.56 Å². The number of ether oxygens (including phenoxy) is 1. The highest BCUT2D eigenvalue weighted by Crippen LogP contribution is 2.34. The second-order valence-electron chi connectivity index (χ2n) is 6.31. The molecule has 1 amide bonds. The topological polar surface area (TPSA) is 58.6 Å². The lowest BCUT2D eigenvalue weighted by molar-refractivity contribution is -0.122. The van der Waals surface area contributed by atoms with Crippen LogP contribution in [-0.4, -0.2) is 24.7 Å². The Morgan fingerprint density at radius 1 is 1.21 bits per heavy atom. The van der Waals surface area contributed by atoms with Crippen molar-refractivity contribution in [3.8, 4) is 5.75 Å². The van der Waals surface area contributed by atoms with Gasteiger partial charge in [0.2, 0.25) is 5.91 Å². The molecule has 1 aliphatic carbocycles. The smallest absolute Gasteiger partial charge is 0.224 e. The lowest BCUT2D eigenvalue weighted by Crippen LogP contribution is -2.43. The first-order chi connectivity index (χ1) is 11.6. The van der Waals surface area contributed by atoms with Crippen LogP contribution in [0, 0.1) is 0 Å². The largest absolute Gasteiger partial charge is 0.496 e. The van der Waals surface area contributed by atoms with Crippen molar-refractivity contribution >= 4 is 5.91 Å². The van der Waals surface area contributed by atoms with Crippen molar-refractivity contribution in [2.75, 3.05) is 13.7 Å². The highest BCUT2D eigenvalue weighted by atomic mass is 16.5. The molecule has 3 rings (SSSR count). The standard InChI is InChI=1S/C20H23NO3/c1-24-18-11-5-3-8-16(18)13-19(22)21-14-20(23)12-6-9-15-7-2-4-10-17(15)20/h2-5,7-8,10-11,23H,6,9,12-14H2,1H3,(H,21,22)/t20-/m1/s1. The van der Waals surface area contributed by atoms with Crippen molar-refractivity contribution in [1.82, 2.24) is 5.32 Å². The molecule has 1 aliphatic rings. The van der Waals surface area contributed by atoms with E-state index in [-0.39, 0.29) is 18.9 Å². The Balaban J connectivity index is 1.66. The van der Waals surface area contributed by atoms with Crippen LogP contribution in [0.25, 0.3) is 0 Å². The van der Waals surface area contributed by atoms with Gasteiger partial charge in [-0.15, -0.1) is 0 Å². The van der Waals surface area contributed by atoms with Crippen LogP contribution < -0.4 is 10.1 Å². The summed E-state index contributed by atoms with van der Waals surface area (Å²) in [5.41, 5.74) is 1.97. The predicted octanol–water partition coefficient (Wildman–Crippen LogP) is 2.58. The van der Waals surface area contributed by atoms with Gasteiger partial charge in [0.15, 0.2) is 0 Å². The summed E-state index contributed by atoms with van der Waals surface area (Å²) in [5, 5.41) is 13.9. The molecule has 4 heteroatoms.